The Morgan fingerprint density at radius 1 is 1.56 bits per heavy atom. The molecule has 1 rings (SSSR count). The smallest absolute Gasteiger partial charge is 0.329 e. The molecule has 0 aliphatic carbocycles. The third kappa shape index (κ3) is 2.43. The van der Waals surface area contributed by atoms with Crippen LogP contribution >= 0.6 is 0 Å². The van der Waals surface area contributed by atoms with Gasteiger partial charge in [0.05, 0.1) is 6.10 Å². The Morgan fingerprint density at radius 3 is 2.75 bits per heavy atom. The maximum atomic E-state index is 11.5. The van der Waals surface area contributed by atoms with Gasteiger partial charge in [-0.3, -0.25) is 14.3 Å². The summed E-state index contributed by atoms with van der Waals surface area (Å²) in [6.07, 6.45) is -0.0592. The van der Waals surface area contributed by atoms with Crippen molar-refractivity contribution in [1.82, 2.24) is 9.55 Å². The molecule has 0 fully saturated rings. The van der Waals surface area contributed by atoms with Gasteiger partial charge in [-0.25, -0.2) is 4.79 Å². The summed E-state index contributed by atoms with van der Waals surface area (Å²) in [4.78, 5) is 24.8. The van der Waals surface area contributed by atoms with E-state index in [9.17, 15) is 9.59 Å². The third-order valence-corrected chi connectivity index (χ3v) is 2.34. The molecule has 0 spiro atoms. The van der Waals surface area contributed by atoms with E-state index < -0.39 is 11.2 Å². The largest absolute Gasteiger partial charge is 0.383 e. The van der Waals surface area contributed by atoms with Crippen LogP contribution in [-0.2, 0) is 11.8 Å². The molecular weight excluding hydrogens is 212 g/mol. The quantitative estimate of drug-likeness (QED) is 0.620. The fraction of sp³-hybridized carbons (Fsp3) is 0.556. The van der Waals surface area contributed by atoms with Crippen molar-refractivity contribution in [1.29, 1.82) is 0 Å². The average molecular weight is 228 g/mol. The first kappa shape index (κ1) is 12.3. The molecule has 0 bridgehead atoms. The van der Waals surface area contributed by atoms with Crippen molar-refractivity contribution >= 4 is 11.5 Å². The summed E-state index contributed by atoms with van der Waals surface area (Å²) in [6, 6.07) is 0. The van der Waals surface area contributed by atoms with Gasteiger partial charge < -0.3 is 15.8 Å². The van der Waals surface area contributed by atoms with E-state index in [2.05, 4.69) is 10.3 Å². The standard InChI is InChI=1S/C9H16N4O3/c1-5(16-3)4-11-6-7(10)13(2)9(15)12-8(6)14/h5,11H,4,10H2,1-3H3,(H,12,14,15). The fourth-order valence-corrected chi connectivity index (χ4v) is 1.14. The van der Waals surface area contributed by atoms with Crippen LogP contribution in [0, 0.1) is 0 Å². The summed E-state index contributed by atoms with van der Waals surface area (Å²) in [6.45, 7) is 2.28. The molecule has 7 nitrogen and oxygen atoms in total. The Kier molecular flexibility index (Phi) is 3.73. The normalized spacial score (nSPS) is 12.4. The number of nitrogens with zero attached hydrogens (tertiary/aromatic N) is 1. The molecule has 0 aliphatic rings. The van der Waals surface area contributed by atoms with Crippen LogP contribution < -0.4 is 22.3 Å². The lowest BCUT2D eigenvalue weighted by atomic mass is 10.3. The number of hydrogen-bond acceptors (Lipinski definition) is 5. The molecule has 0 aromatic carbocycles. The van der Waals surface area contributed by atoms with Crippen LogP contribution in [0.15, 0.2) is 9.59 Å². The van der Waals surface area contributed by atoms with Crippen LogP contribution in [0.5, 0.6) is 0 Å². The maximum absolute atomic E-state index is 11.5. The van der Waals surface area contributed by atoms with E-state index in [1.807, 2.05) is 6.92 Å². The Balaban J connectivity index is 3.01. The van der Waals surface area contributed by atoms with Crippen LogP contribution in [0.1, 0.15) is 6.92 Å². The molecule has 16 heavy (non-hydrogen) atoms. The van der Waals surface area contributed by atoms with Gasteiger partial charge in [0.15, 0.2) is 0 Å². The Morgan fingerprint density at radius 2 is 2.19 bits per heavy atom. The number of hydrogen-bond donors (Lipinski definition) is 3. The van der Waals surface area contributed by atoms with Gasteiger partial charge in [0, 0.05) is 20.7 Å². The highest BCUT2D eigenvalue weighted by molar-refractivity contribution is 5.60. The molecule has 1 aromatic heterocycles. The van der Waals surface area contributed by atoms with Crippen LogP contribution in [0.3, 0.4) is 0 Å². The molecule has 0 aliphatic heterocycles. The zero-order valence-electron chi connectivity index (χ0n) is 9.53. The molecule has 1 aromatic rings. The van der Waals surface area contributed by atoms with Gasteiger partial charge in [-0.15, -0.1) is 0 Å². The number of nitrogen functional groups attached to an aromatic ring is 1. The number of aromatic nitrogens is 2. The summed E-state index contributed by atoms with van der Waals surface area (Å²) in [5.74, 6) is 0.108. The first-order valence-electron chi connectivity index (χ1n) is 4.82. The molecule has 0 radical (unpaired) electrons. The van der Waals surface area contributed by atoms with Crippen LogP contribution in [0.4, 0.5) is 11.5 Å². The Bertz CT molecular complexity index is 477. The predicted octanol–water partition coefficient (Wildman–Crippen LogP) is -0.897. The van der Waals surface area contributed by atoms with E-state index in [4.69, 9.17) is 10.5 Å². The predicted molar refractivity (Wildman–Crippen MR) is 61.7 cm³/mol. The highest BCUT2D eigenvalue weighted by atomic mass is 16.5. The number of aromatic amines is 1. The van der Waals surface area contributed by atoms with Gasteiger partial charge in [-0.05, 0) is 6.92 Å². The Hall–Kier alpha value is -1.76. The van der Waals surface area contributed by atoms with Crippen molar-refractivity contribution in [2.45, 2.75) is 13.0 Å². The SMILES string of the molecule is COC(C)CNc1c(N)n(C)c(=O)[nH]c1=O. The van der Waals surface area contributed by atoms with Gasteiger partial charge in [0.25, 0.3) is 5.56 Å². The molecule has 4 N–H and O–H groups in total. The zero-order valence-corrected chi connectivity index (χ0v) is 9.53. The van der Waals surface area contributed by atoms with Gasteiger partial charge in [0.1, 0.15) is 11.5 Å². The minimum absolute atomic E-state index is 0.0592. The first-order valence-corrected chi connectivity index (χ1v) is 4.82. The number of anilines is 2. The van der Waals surface area contributed by atoms with Gasteiger partial charge in [0.2, 0.25) is 0 Å². The second-order valence-electron chi connectivity index (χ2n) is 3.51. The van der Waals surface area contributed by atoms with E-state index in [0.29, 0.717) is 6.54 Å². The van der Waals surface area contributed by atoms with Crippen molar-refractivity contribution < 1.29 is 4.74 Å². The third-order valence-electron chi connectivity index (χ3n) is 2.34. The molecule has 0 saturated carbocycles. The van der Waals surface area contributed by atoms with Gasteiger partial charge >= 0.3 is 5.69 Å². The molecule has 1 heterocycles. The van der Waals surface area contributed by atoms with Crippen LogP contribution in [0.25, 0.3) is 0 Å². The molecule has 7 heteroatoms. The minimum Gasteiger partial charge on any atom is -0.383 e. The summed E-state index contributed by atoms with van der Waals surface area (Å²) in [7, 11) is 3.05. The lowest BCUT2D eigenvalue weighted by Gasteiger charge is -2.13. The van der Waals surface area contributed by atoms with Crippen molar-refractivity contribution in [3.8, 4) is 0 Å². The van der Waals surface area contributed by atoms with Crippen molar-refractivity contribution in [2.75, 3.05) is 24.7 Å². The molecule has 0 saturated heterocycles. The summed E-state index contributed by atoms with van der Waals surface area (Å²) in [5.41, 5.74) is 4.78. The molecule has 90 valence electrons. The summed E-state index contributed by atoms with van der Waals surface area (Å²) >= 11 is 0. The molecular formula is C9H16N4O3. The second-order valence-corrected chi connectivity index (χ2v) is 3.51. The molecule has 1 atom stereocenters. The summed E-state index contributed by atoms with van der Waals surface area (Å²) < 4.78 is 6.19. The number of H-pyrrole nitrogens is 1. The van der Waals surface area contributed by atoms with E-state index >= 15 is 0 Å². The second kappa shape index (κ2) is 4.84. The monoisotopic (exact) mass is 228 g/mol. The van der Waals surface area contributed by atoms with Crippen molar-refractivity contribution in [2.24, 2.45) is 7.05 Å². The summed E-state index contributed by atoms with van der Waals surface area (Å²) in [5, 5.41) is 2.85. The number of nitrogens with one attached hydrogen (secondary N) is 2. The van der Waals surface area contributed by atoms with Gasteiger partial charge in [-0.2, -0.15) is 0 Å². The number of nitrogens with two attached hydrogens (primary N) is 1. The van der Waals surface area contributed by atoms with E-state index in [-0.39, 0.29) is 17.6 Å². The Labute approximate surface area is 92.2 Å². The number of ether oxygens (including phenoxy) is 1. The number of rotatable bonds is 4. The van der Waals surface area contributed by atoms with E-state index in [1.54, 1.807) is 7.11 Å². The van der Waals surface area contributed by atoms with Gasteiger partial charge in [-0.1, -0.05) is 0 Å². The lowest BCUT2D eigenvalue weighted by Crippen LogP contribution is -2.33. The number of methoxy groups -OCH3 is 1. The zero-order chi connectivity index (χ0) is 12.3. The lowest BCUT2D eigenvalue weighted by molar-refractivity contribution is 0.129. The van der Waals surface area contributed by atoms with Crippen LogP contribution in [-0.4, -0.2) is 29.3 Å². The maximum Gasteiger partial charge on any atom is 0.329 e. The highest BCUT2D eigenvalue weighted by Gasteiger charge is 2.10. The van der Waals surface area contributed by atoms with Crippen molar-refractivity contribution in [3.63, 3.8) is 0 Å². The minimum atomic E-state index is -0.534. The average Bonchev–Trinajstić information content (AvgIpc) is 2.25. The molecule has 1 unspecified atom stereocenters. The van der Waals surface area contributed by atoms with E-state index in [0.717, 1.165) is 0 Å². The molecule has 0 amide bonds. The first-order chi connectivity index (χ1) is 7.47. The highest BCUT2D eigenvalue weighted by Crippen LogP contribution is 2.08. The van der Waals surface area contributed by atoms with E-state index in [1.165, 1.54) is 11.6 Å². The van der Waals surface area contributed by atoms with Crippen molar-refractivity contribution in [3.05, 3.63) is 20.8 Å². The topological polar surface area (TPSA) is 102 Å². The fourth-order valence-electron chi connectivity index (χ4n) is 1.14. The van der Waals surface area contributed by atoms with Crippen LogP contribution in [0.2, 0.25) is 0 Å².